The predicted octanol–water partition coefficient (Wildman–Crippen LogP) is 6.12. The summed E-state index contributed by atoms with van der Waals surface area (Å²) in [6, 6.07) is 13.0. The van der Waals surface area contributed by atoms with Crippen molar-refractivity contribution in [2.75, 3.05) is 23.8 Å². The third kappa shape index (κ3) is 7.95. The zero-order chi connectivity index (χ0) is 42.8. The first-order chi connectivity index (χ1) is 28.7. The molecule has 4 fully saturated rings. The molecule has 322 valence electrons. The quantitative estimate of drug-likeness (QED) is 0.112. The molecule has 7 rings (SSSR count). The molecule has 1 spiro atoms. The molecule has 0 radical (unpaired) electrons. The second-order valence-electron chi connectivity index (χ2n) is 17.4. The van der Waals surface area contributed by atoms with Crippen LogP contribution in [0.2, 0.25) is 0 Å². The van der Waals surface area contributed by atoms with Crippen LogP contribution in [0.5, 0.6) is 5.75 Å². The number of nitrogens with two attached hydrogens (primary N) is 1. The van der Waals surface area contributed by atoms with Crippen molar-refractivity contribution >= 4 is 41.0 Å². The van der Waals surface area contributed by atoms with Crippen molar-refractivity contribution in [3.63, 3.8) is 0 Å². The van der Waals surface area contributed by atoms with E-state index in [9.17, 15) is 29.1 Å². The number of ketones is 2. The van der Waals surface area contributed by atoms with Crippen molar-refractivity contribution in [2.24, 2.45) is 22.0 Å². The number of anilines is 2. The molecule has 4 amide bonds. The number of aliphatic hydroxyl groups excluding tert-OH is 1. The maximum atomic E-state index is 14.6. The lowest BCUT2D eigenvalue weighted by Crippen LogP contribution is -2.70. The molecule has 7 unspecified atom stereocenters. The summed E-state index contributed by atoms with van der Waals surface area (Å²) in [5.41, 5.74) is 7.46. The number of aliphatic hydroxyl groups is 1. The topological polar surface area (TPSA) is 217 Å². The molecule has 15 nitrogen and oxygen atoms in total. The van der Waals surface area contributed by atoms with Crippen LogP contribution in [-0.2, 0) is 35.3 Å². The Morgan fingerprint density at radius 1 is 0.983 bits per heavy atom. The van der Waals surface area contributed by atoms with Crippen LogP contribution in [0.4, 0.5) is 21.0 Å². The van der Waals surface area contributed by atoms with Gasteiger partial charge in [0, 0.05) is 40.6 Å². The number of amides is 4. The summed E-state index contributed by atoms with van der Waals surface area (Å²) in [6.07, 6.45) is 9.44. The standard InChI is InChI=1S/C45H57N5O10/c1-4-7-38-59-45(22-21-44(50-60-38)28-43(35(52)25-42(44,45)3)20-17-30-24-33(51)18-19-41(30,43)2)36(53)27-57-34-15-13-32(14-16-34)49-40(56)58-26-29-9-11-31(12-10-29)48-37(54)8-5-6-23-47-39(46)55/h9-16,18-19,24,35,38,50,52H,4-8,17,20-23,25-28H2,1-3H3,(H,48,54)(H,49,56)(H3,46,47,55). The largest absolute Gasteiger partial charge is 0.486 e. The lowest BCUT2D eigenvalue weighted by atomic mass is 9.46. The number of nitrogens with one attached hydrogen (secondary N) is 4. The molecular formula is C45H57N5O10. The number of carbonyl (C=O) groups excluding carboxylic acids is 5. The minimum Gasteiger partial charge on any atom is -0.486 e. The Hall–Kier alpha value is -5.09. The van der Waals surface area contributed by atoms with Crippen LogP contribution < -0.4 is 31.9 Å². The fraction of sp³-hybridized carbons (Fsp3) is 0.533. The van der Waals surface area contributed by atoms with Gasteiger partial charge in [0.25, 0.3) is 0 Å². The molecule has 1 aliphatic heterocycles. The highest BCUT2D eigenvalue weighted by Gasteiger charge is 2.77. The number of hydroxylamine groups is 1. The first-order valence-corrected chi connectivity index (χ1v) is 21.0. The lowest BCUT2D eigenvalue weighted by molar-refractivity contribution is -0.235. The number of unbranched alkanes of at least 4 members (excludes halogenated alkanes) is 1. The molecule has 1 saturated heterocycles. The van der Waals surface area contributed by atoms with Crippen LogP contribution in [0.3, 0.4) is 0 Å². The van der Waals surface area contributed by atoms with Crippen molar-refractivity contribution in [3.05, 3.63) is 77.9 Å². The molecule has 2 aromatic rings. The van der Waals surface area contributed by atoms with Crippen LogP contribution in [0.15, 0.2) is 72.3 Å². The molecule has 7 N–H and O–H groups in total. The SMILES string of the molecule is CCCC1ONC23CCC(C(=O)COc4ccc(NC(=O)OCc5ccc(NC(=O)CCCCNC(N)=O)cc5)cc4)(O1)C2(C)CC(O)C1(CCC2=CC(=O)C=CC21C)C3. The summed E-state index contributed by atoms with van der Waals surface area (Å²) in [7, 11) is 0. The minimum atomic E-state index is -1.29. The van der Waals surface area contributed by atoms with E-state index in [4.69, 9.17) is 24.8 Å². The number of Topliss-reactive ketones (excluding diaryl/α,β-unsaturated/α-hetero) is 1. The number of primary amides is 1. The molecule has 3 saturated carbocycles. The van der Waals surface area contributed by atoms with E-state index in [2.05, 4.69) is 28.4 Å². The van der Waals surface area contributed by atoms with E-state index < -0.39 is 51.9 Å². The number of hydrogen-bond donors (Lipinski definition) is 6. The van der Waals surface area contributed by atoms with Crippen LogP contribution in [0.25, 0.3) is 0 Å². The highest BCUT2D eigenvalue weighted by atomic mass is 16.8. The first-order valence-electron chi connectivity index (χ1n) is 21.0. The maximum Gasteiger partial charge on any atom is 0.411 e. The number of rotatable bonds is 15. The van der Waals surface area contributed by atoms with Crippen molar-refractivity contribution < 1.29 is 48.1 Å². The average Bonchev–Trinajstić information content (AvgIpc) is 3.59. The summed E-state index contributed by atoms with van der Waals surface area (Å²) < 4.78 is 18.3. The van der Waals surface area contributed by atoms with E-state index in [1.807, 2.05) is 19.9 Å². The van der Waals surface area contributed by atoms with Gasteiger partial charge in [-0.2, -0.15) is 5.48 Å². The third-order valence-corrected chi connectivity index (χ3v) is 14.0. The molecule has 2 aromatic carbocycles. The van der Waals surface area contributed by atoms with Crippen LogP contribution in [-0.4, -0.2) is 71.4 Å². The van der Waals surface area contributed by atoms with Gasteiger partial charge in [0.2, 0.25) is 11.7 Å². The van der Waals surface area contributed by atoms with E-state index in [-0.39, 0.29) is 30.7 Å². The molecule has 15 heteroatoms. The molecule has 60 heavy (non-hydrogen) atoms. The van der Waals surface area contributed by atoms with E-state index in [1.165, 1.54) is 0 Å². The minimum absolute atomic E-state index is 0.00734. The fourth-order valence-electron chi connectivity index (χ4n) is 10.6. The summed E-state index contributed by atoms with van der Waals surface area (Å²) in [4.78, 5) is 68.8. The number of fused-ring (bicyclic) bond motifs is 2. The van der Waals surface area contributed by atoms with Gasteiger partial charge in [-0.05, 0) is 112 Å². The van der Waals surface area contributed by atoms with Gasteiger partial charge in [-0.25, -0.2) is 9.59 Å². The maximum absolute atomic E-state index is 14.6. The van der Waals surface area contributed by atoms with E-state index >= 15 is 0 Å². The number of benzene rings is 2. The number of urea groups is 1. The van der Waals surface area contributed by atoms with Crippen LogP contribution >= 0.6 is 0 Å². The third-order valence-electron chi connectivity index (χ3n) is 14.0. The molecule has 7 atom stereocenters. The van der Waals surface area contributed by atoms with Gasteiger partial charge in [-0.3, -0.25) is 24.5 Å². The Labute approximate surface area is 350 Å². The second kappa shape index (κ2) is 17.1. The molecular weight excluding hydrogens is 771 g/mol. The van der Waals surface area contributed by atoms with Gasteiger partial charge in [-0.1, -0.05) is 51.0 Å². The number of allylic oxidation sites excluding steroid dienone is 4. The number of ether oxygens (including phenoxy) is 3. The van der Waals surface area contributed by atoms with Crippen molar-refractivity contribution in [1.82, 2.24) is 10.8 Å². The lowest BCUT2D eigenvalue weighted by Gasteiger charge is -2.61. The Balaban J connectivity index is 0.940. The monoisotopic (exact) mass is 827 g/mol. The molecule has 2 bridgehead atoms. The Morgan fingerprint density at radius 3 is 2.45 bits per heavy atom. The van der Waals surface area contributed by atoms with Gasteiger partial charge in [0.15, 0.2) is 12.1 Å². The normalized spacial score (nSPS) is 31.3. The van der Waals surface area contributed by atoms with Gasteiger partial charge in [0.05, 0.1) is 11.6 Å². The average molecular weight is 828 g/mol. The van der Waals surface area contributed by atoms with Crippen molar-refractivity contribution in [2.45, 2.75) is 122 Å². The summed E-state index contributed by atoms with van der Waals surface area (Å²) in [6.45, 7) is 6.36. The van der Waals surface area contributed by atoms with Crippen LogP contribution in [0.1, 0.15) is 97.0 Å². The van der Waals surface area contributed by atoms with Gasteiger partial charge < -0.3 is 35.7 Å². The Kier molecular flexibility index (Phi) is 12.3. The van der Waals surface area contributed by atoms with Gasteiger partial charge in [0.1, 0.15) is 24.6 Å². The number of hydrogen-bond acceptors (Lipinski definition) is 11. The molecule has 4 aliphatic carbocycles. The van der Waals surface area contributed by atoms with E-state index in [1.54, 1.807) is 60.7 Å². The molecule has 1 heterocycles. The summed E-state index contributed by atoms with van der Waals surface area (Å²) in [5, 5.41) is 20.2. The first kappa shape index (κ1) is 43.0. The number of carbonyl (C=O) groups is 5. The molecule has 0 aromatic heterocycles. The smallest absolute Gasteiger partial charge is 0.411 e. The van der Waals surface area contributed by atoms with E-state index in [0.717, 1.165) is 30.4 Å². The Morgan fingerprint density at radius 2 is 1.72 bits per heavy atom. The van der Waals surface area contributed by atoms with Crippen LogP contribution in [0, 0.1) is 16.2 Å². The van der Waals surface area contributed by atoms with Gasteiger partial charge >= 0.3 is 12.1 Å². The van der Waals surface area contributed by atoms with Gasteiger partial charge in [-0.15, -0.1) is 0 Å². The zero-order valence-electron chi connectivity index (χ0n) is 34.6. The van der Waals surface area contributed by atoms with E-state index in [0.29, 0.717) is 75.0 Å². The van der Waals surface area contributed by atoms with Crippen molar-refractivity contribution in [3.8, 4) is 5.75 Å². The second-order valence-corrected chi connectivity index (χ2v) is 17.4. The van der Waals surface area contributed by atoms with Crippen molar-refractivity contribution in [1.29, 1.82) is 0 Å². The summed E-state index contributed by atoms with van der Waals surface area (Å²) in [5.74, 6) is 0.0227. The zero-order valence-corrected chi connectivity index (χ0v) is 34.6. The highest BCUT2D eigenvalue weighted by Crippen LogP contribution is 2.73. The summed E-state index contributed by atoms with van der Waals surface area (Å²) >= 11 is 0. The highest BCUT2D eigenvalue weighted by molar-refractivity contribution is 6.01. The predicted molar refractivity (Wildman–Crippen MR) is 221 cm³/mol. The Bertz CT molecular complexity index is 2040. The molecule has 5 aliphatic rings. The fourth-order valence-corrected chi connectivity index (χ4v) is 10.6.